The van der Waals surface area contributed by atoms with Gasteiger partial charge in [0.2, 0.25) is 0 Å². The Bertz CT molecular complexity index is 587. The Morgan fingerprint density at radius 1 is 0.535 bits per heavy atom. The molecule has 0 amide bonds. The van der Waals surface area contributed by atoms with Crippen LogP contribution >= 0.6 is 0 Å². The average molecular weight is 606 g/mol. The third-order valence-electron chi connectivity index (χ3n) is 8.68. The Morgan fingerprint density at radius 3 is 1.44 bits per heavy atom. The number of hydrogen-bond acceptors (Lipinski definition) is 4. The molecule has 43 heavy (non-hydrogen) atoms. The predicted octanol–water partition coefficient (Wildman–Crippen LogP) is 11.2. The third-order valence-corrected chi connectivity index (χ3v) is 8.68. The molecular formula is C39H75NO3. The van der Waals surface area contributed by atoms with Crippen molar-refractivity contribution in [3.63, 3.8) is 0 Å². The summed E-state index contributed by atoms with van der Waals surface area (Å²) in [5.74, 6) is 0. The fraction of sp³-hybridized carbons (Fsp3) is 0.897. The van der Waals surface area contributed by atoms with Crippen LogP contribution in [0.3, 0.4) is 0 Å². The lowest BCUT2D eigenvalue weighted by Crippen LogP contribution is -2.43. The van der Waals surface area contributed by atoms with Gasteiger partial charge in [0.1, 0.15) is 0 Å². The topological polar surface area (TPSA) is 30.9 Å². The SMILES string of the molecule is CCCCCCC=CCCCCCCCCOCC(CN1CCOCC1)OCCCCCCCCC=CCCCCCC. The van der Waals surface area contributed by atoms with E-state index in [1.165, 1.54) is 154 Å². The van der Waals surface area contributed by atoms with Crippen molar-refractivity contribution in [3.05, 3.63) is 24.3 Å². The molecule has 0 aliphatic carbocycles. The Hall–Kier alpha value is -0.680. The largest absolute Gasteiger partial charge is 0.379 e. The van der Waals surface area contributed by atoms with E-state index < -0.39 is 0 Å². The fourth-order valence-corrected chi connectivity index (χ4v) is 5.78. The molecule has 0 aromatic heterocycles. The number of morpholine rings is 1. The maximum Gasteiger partial charge on any atom is 0.0934 e. The first-order valence-electron chi connectivity index (χ1n) is 19.2. The zero-order chi connectivity index (χ0) is 30.7. The number of hydrogen-bond donors (Lipinski definition) is 0. The van der Waals surface area contributed by atoms with Crippen molar-refractivity contribution in [1.82, 2.24) is 4.90 Å². The summed E-state index contributed by atoms with van der Waals surface area (Å²) in [5, 5.41) is 0. The van der Waals surface area contributed by atoms with Gasteiger partial charge in [0, 0.05) is 32.8 Å². The lowest BCUT2D eigenvalue weighted by Gasteiger charge is -2.30. The van der Waals surface area contributed by atoms with E-state index in [4.69, 9.17) is 14.2 Å². The van der Waals surface area contributed by atoms with Crippen molar-refractivity contribution in [3.8, 4) is 0 Å². The van der Waals surface area contributed by atoms with Crippen LogP contribution in [0.4, 0.5) is 0 Å². The van der Waals surface area contributed by atoms with E-state index >= 15 is 0 Å². The van der Waals surface area contributed by atoms with Crippen molar-refractivity contribution >= 4 is 0 Å². The molecule has 1 rings (SSSR count). The molecule has 254 valence electrons. The van der Waals surface area contributed by atoms with Crippen LogP contribution in [0.25, 0.3) is 0 Å². The fourth-order valence-electron chi connectivity index (χ4n) is 5.78. The normalized spacial score (nSPS) is 15.3. The van der Waals surface area contributed by atoms with E-state index in [9.17, 15) is 0 Å². The second-order valence-corrected chi connectivity index (χ2v) is 12.9. The van der Waals surface area contributed by atoms with Crippen LogP contribution in [-0.4, -0.2) is 63.7 Å². The minimum Gasteiger partial charge on any atom is -0.379 e. The summed E-state index contributed by atoms with van der Waals surface area (Å²) in [6, 6.07) is 0. The third kappa shape index (κ3) is 29.8. The van der Waals surface area contributed by atoms with E-state index in [1.807, 2.05) is 0 Å². The van der Waals surface area contributed by atoms with Crippen molar-refractivity contribution in [1.29, 1.82) is 0 Å². The first-order valence-corrected chi connectivity index (χ1v) is 19.2. The van der Waals surface area contributed by atoms with Gasteiger partial charge in [0.05, 0.1) is 25.9 Å². The smallest absolute Gasteiger partial charge is 0.0934 e. The van der Waals surface area contributed by atoms with E-state index in [2.05, 4.69) is 43.1 Å². The molecule has 4 heteroatoms. The van der Waals surface area contributed by atoms with Crippen molar-refractivity contribution in [2.24, 2.45) is 0 Å². The summed E-state index contributed by atoms with van der Waals surface area (Å²) in [5.41, 5.74) is 0. The molecule has 0 N–H and O–H groups in total. The molecule has 0 radical (unpaired) electrons. The lowest BCUT2D eigenvalue weighted by molar-refractivity contribution is -0.0496. The number of unbranched alkanes of at least 4 members (excludes halogenated alkanes) is 20. The Kier molecular flexibility index (Phi) is 32.1. The van der Waals surface area contributed by atoms with Gasteiger partial charge in [0.15, 0.2) is 0 Å². The molecule has 0 spiro atoms. The van der Waals surface area contributed by atoms with Gasteiger partial charge in [-0.2, -0.15) is 0 Å². The second-order valence-electron chi connectivity index (χ2n) is 12.9. The minimum absolute atomic E-state index is 0.187. The molecule has 1 fully saturated rings. The zero-order valence-corrected chi connectivity index (χ0v) is 29.2. The van der Waals surface area contributed by atoms with Crippen LogP contribution in [0.15, 0.2) is 24.3 Å². The molecule has 1 saturated heterocycles. The minimum atomic E-state index is 0.187. The van der Waals surface area contributed by atoms with Crippen molar-refractivity contribution in [2.45, 2.75) is 174 Å². The van der Waals surface area contributed by atoms with Gasteiger partial charge < -0.3 is 14.2 Å². The van der Waals surface area contributed by atoms with Crippen LogP contribution in [0.2, 0.25) is 0 Å². The summed E-state index contributed by atoms with van der Waals surface area (Å²) in [4.78, 5) is 2.48. The Labute approximate surface area is 269 Å². The number of ether oxygens (including phenoxy) is 3. The summed E-state index contributed by atoms with van der Waals surface area (Å²) in [6.07, 6.45) is 41.6. The van der Waals surface area contributed by atoms with E-state index in [0.717, 1.165) is 52.7 Å². The molecule has 1 atom stereocenters. The predicted molar refractivity (Wildman–Crippen MR) is 188 cm³/mol. The molecule has 1 aliphatic heterocycles. The van der Waals surface area contributed by atoms with E-state index in [1.54, 1.807) is 0 Å². The number of rotatable bonds is 33. The zero-order valence-electron chi connectivity index (χ0n) is 29.2. The van der Waals surface area contributed by atoms with Crippen LogP contribution in [0, 0.1) is 0 Å². The van der Waals surface area contributed by atoms with Gasteiger partial charge in [-0.1, -0.05) is 128 Å². The quantitative estimate of drug-likeness (QED) is 0.0550. The van der Waals surface area contributed by atoms with Crippen LogP contribution in [-0.2, 0) is 14.2 Å². The van der Waals surface area contributed by atoms with Crippen LogP contribution < -0.4 is 0 Å². The summed E-state index contributed by atoms with van der Waals surface area (Å²) < 4.78 is 18.0. The van der Waals surface area contributed by atoms with Gasteiger partial charge in [-0.15, -0.1) is 0 Å². The average Bonchev–Trinajstić information content (AvgIpc) is 3.03. The van der Waals surface area contributed by atoms with Gasteiger partial charge in [-0.25, -0.2) is 0 Å². The van der Waals surface area contributed by atoms with Crippen LogP contribution in [0.1, 0.15) is 168 Å². The summed E-state index contributed by atoms with van der Waals surface area (Å²) in [7, 11) is 0. The maximum absolute atomic E-state index is 6.35. The number of nitrogens with zero attached hydrogens (tertiary/aromatic N) is 1. The highest BCUT2D eigenvalue weighted by atomic mass is 16.5. The van der Waals surface area contributed by atoms with E-state index in [-0.39, 0.29) is 6.10 Å². The first kappa shape index (κ1) is 40.3. The highest BCUT2D eigenvalue weighted by Gasteiger charge is 2.17. The molecule has 1 aliphatic rings. The standard InChI is InChI=1S/C39H75NO3/c1-3-5-7-9-11-13-15-17-19-21-23-25-27-29-33-42-38-39(37-40-31-35-41-36-32-40)43-34-30-28-26-24-22-20-18-16-14-12-10-8-6-4-2/h13-16,39H,3-12,17-38H2,1-2H3. The van der Waals surface area contributed by atoms with Crippen molar-refractivity contribution < 1.29 is 14.2 Å². The van der Waals surface area contributed by atoms with Crippen molar-refractivity contribution in [2.75, 3.05) is 52.7 Å². The molecule has 0 saturated carbocycles. The van der Waals surface area contributed by atoms with E-state index in [0.29, 0.717) is 0 Å². The van der Waals surface area contributed by atoms with Gasteiger partial charge >= 0.3 is 0 Å². The molecule has 1 unspecified atom stereocenters. The highest BCUT2D eigenvalue weighted by molar-refractivity contribution is 4.82. The number of allylic oxidation sites excluding steroid dienone is 4. The molecule has 0 bridgehead atoms. The summed E-state index contributed by atoms with van der Waals surface area (Å²) in [6.45, 7) is 11.7. The highest BCUT2D eigenvalue weighted by Crippen LogP contribution is 2.12. The molecule has 4 nitrogen and oxygen atoms in total. The van der Waals surface area contributed by atoms with Gasteiger partial charge in [-0.3, -0.25) is 4.90 Å². The lowest BCUT2D eigenvalue weighted by atomic mass is 10.1. The Morgan fingerprint density at radius 2 is 0.953 bits per heavy atom. The summed E-state index contributed by atoms with van der Waals surface area (Å²) >= 11 is 0. The molecule has 0 aromatic carbocycles. The molecule has 0 aromatic rings. The second kappa shape index (κ2) is 34.2. The van der Waals surface area contributed by atoms with Gasteiger partial charge in [0.25, 0.3) is 0 Å². The molecular weight excluding hydrogens is 530 g/mol. The monoisotopic (exact) mass is 606 g/mol. The Balaban J connectivity index is 2.00. The maximum atomic E-state index is 6.35. The van der Waals surface area contributed by atoms with Crippen LogP contribution in [0.5, 0.6) is 0 Å². The first-order chi connectivity index (χ1) is 21.4. The molecule has 1 heterocycles. The van der Waals surface area contributed by atoms with Gasteiger partial charge in [-0.05, 0) is 64.2 Å².